The number of anilines is 1. The number of piperidine rings is 1. The zero-order valence-corrected chi connectivity index (χ0v) is 18.2. The molecule has 8 heteroatoms. The van der Waals surface area contributed by atoms with Crippen LogP contribution in [0.1, 0.15) is 47.1 Å². The minimum Gasteiger partial charge on any atom is -0.353 e. The molecule has 1 aliphatic rings. The van der Waals surface area contributed by atoms with Crippen LogP contribution in [0, 0.1) is 26.7 Å². The van der Waals surface area contributed by atoms with E-state index in [0.29, 0.717) is 41.0 Å². The summed E-state index contributed by atoms with van der Waals surface area (Å²) < 4.78 is 27.9. The van der Waals surface area contributed by atoms with E-state index in [1.807, 2.05) is 13.0 Å². The molecule has 28 heavy (non-hydrogen) atoms. The van der Waals surface area contributed by atoms with Crippen molar-refractivity contribution < 1.29 is 13.2 Å². The van der Waals surface area contributed by atoms with Gasteiger partial charge in [-0.05, 0) is 62.8 Å². The average molecular weight is 424 g/mol. The number of carbonyl (C=O) groups is 1. The molecule has 0 aliphatic carbocycles. The molecule has 0 radical (unpaired) electrons. The molecule has 6 nitrogen and oxygen atoms in total. The number of hydrogen-bond donors (Lipinski definition) is 2. The number of hydrogen-bond acceptors (Lipinski definition) is 3. The number of carbonyl (C=O) groups excluding carboxylic acids is 1. The zero-order valence-electron chi connectivity index (χ0n) is 16.6. The molecular formula is C20H26ClN3O3S. The summed E-state index contributed by atoms with van der Waals surface area (Å²) in [7, 11) is -3.64. The fraction of sp³-hybridized carbons (Fsp3) is 0.450. The van der Waals surface area contributed by atoms with E-state index in [4.69, 9.17) is 11.6 Å². The van der Waals surface area contributed by atoms with Gasteiger partial charge in [-0.15, -0.1) is 0 Å². The summed E-state index contributed by atoms with van der Waals surface area (Å²) in [4.78, 5) is 15.9. The highest BCUT2D eigenvalue weighted by Crippen LogP contribution is 2.30. The molecular weight excluding hydrogens is 398 g/mol. The number of aromatic amines is 1. The van der Waals surface area contributed by atoms with Crippen molar-refractivity contribution in [3.8, 4) is 0 Å². The Morgan fingerprint density at radius 2 is 1.86 bits per heavy atom. The lowest BCUT2D eigenvalue weighted by molar-refractivity contribution is 0.102. The number of nitrogens with one attached hydrogen (secondary N) is 2. The van der Waals surface area contributed by atoms with E-state index in [1.54, 1.807) is 26.0 Å². The summed E-state index contributed by atoms with van der Waals surface area (Å²) in [5.41, 5.74) is 2.63. The second-order valence-electron chi connectivity index (χ2n) is 7.58. The van der Waals surface area contributed by atoms with Crippen LogP contribution in [-0.4, -0.2) is 36.7 Å². The van der Waals surface area contributed by atoms with Gasteiger partial charge in [-0.2, -0.15) is 4.31 Å². The van der Waals surface area contributed by atoms with Crippen molar-refractivity contribution in [3.63, 3.8) is 0 Å². The maximum absolute atomic E-state index is 13.2. The highest BCUT2D eigenvalue weighted by atomic mass is 35.5. The molecule has 1 fully saturated rings. The van der Waals surface area contributed by atoms with Crippen LogP contribution in [0.25, 0.3) is 0 Å². The van der Waals surface area contributed by atoms with Gasteiger partial charge in [0, 0.05) is 29.5 Å². The predicted octanol–water partition coefficient (Wildman–Crippen LogP) is 4.27. The molecule has 1 amide bonds. The number of nitrogens with zero attached hydrogens (tertiary/aromatic N) is 1. The van der Waals surface area contributed by atoms with E-state index < -0.39 is 15.9 Å². The Morgan fingerprint density at radius 3 is 2.46 bits per heavy atom. The SMILES string of the molecule is Cc1ccc(NC(=O)c2[nH]c(C)c(S(=O)(=O)N3CCC(C)CC3)c2C)cc1Cl. The number of rotatable bonds is 4. The maximum atomic E-state index is 13.2. The number of H-pyrrole nitrogens is 1. The van der Waals surface area contributed by atoms with Crippen LogP contribution < -0.4 is 5.32 Å². The topological polar surface area (TPSA) is 82.3 Å². The molecule has 1 aromatic heterocycles. The highest BCUT2D eigenvalue weighted by molar-refractivity contribution is 7.89. The first-order valence-electron chi connectivity index (χ1n) is 9.38. The number of benzene rings is 1. The molecule has 0 unspecified atom stereocenters. The minimum atomic E-state index is -3.64. The quantitative estimate of drug-likeness (QED) is 0.770. The van der Waals surface area contributed by atoms with Gasteiger partial charge in [0.05, 0.1) is 0 Å². The van der Waals surface area contributed by atoms with Crippen LogP contribution in [0.3, 0.4) is 0 Å². The summed E-state index contributed by atoms with van der Waals surface area (Å²) in [5.74, 6) is 0.136. The van der Waals surface area contributed by atoms with Crippen LogP contribution in [0.15, 0.2) is 23.1 Å². The Hall–Kier alpha value is -1.83. The first kappa shape index (κ1) is 20.9. The van der Waals surface area contributed by atoms with Crippen molar-refractivity contribution in [2.45, 2.75) is 45.4 Å². The molecule has 0 bridgehead atoms. The third-order valence-electron chi connectivity index (χ3n) is 5.37. The van der Waals surface area contributed by atoms with E-state index in [9.17, 15) is 13.2 Å². The fourth-order valence-corrected chi connectivity index (χ4v) is 5.62. The van der Waals surface area contributed by atoms with Crippen LogP contribution in [-0.2, 0) is 10.0 Å². The molecule has 0 spiro atoms. The highest BCUT2D eigenvalue weighted by Gasteiger charge is 2.33. The molecule has 2 N–H and O–H groups in total. The monoisotopic (exact) mass is 423 g/mol. The third kappa shape index (κ3) is 3.97. The Morgan fingerprint density at radius 1 is 1.21 bits per heavy atom. The molecule has 2 aromatic rings. The first-order valence-corrected chi connectivity index (χ1v) is 11.2. The van der Waals surface area contributed by atoms with Gasteiger partial charge in [-0.1, -0.05) is 24.6 Å². The van der Waals surface area contributed by atoms with Crippen molar-refractivity contribution in [3.05, 3.63) is 45.7 Å². The van der Waals surface area contributed by atoms with E-state index in [-0.39, 0.29) is 10.6 Å². The summed E-state index contributed by atoms with van der Waals surface area (Å²) >= 11 is 6.12. The van der Waals surface area contributed by atoms with Crippen molar-refractivity contribution >= 4 is 33.2 Å². The summed E-state index contributed by atoms with van der Waals surface area (Å²) in [6.07, 6.45) is 1.70. The number of amides is 1. The lowest BCUT2D eigenvalue weighted by Gasteiger charge is -2.29. The van der Waals surface area contributed by atoms with Gasteiger partial charge in [0.25, 0.3) is 5.91 Å². The Balaban J connectivity index is 1.88. The fourth-order valence-electron chi connectivity index (χ4n) is 3.57. The van der Waals surface area contributed by atoms with Gasteiger partial charge < -0.3 is 10.3 Å². The van der Waals surface area contributed by atoms with Gasteiger partial charge >= 0.3 is 0 Å². The third-order valence-corrected chi connectivity index (χ3v) is 7.95. The Labute approximate surface area is 171 Å². The molecule has 2 heterocycles. The lowest BCUT2D eigenvalue weighted by Crippen LogP contribution is -2.38. The summed E-state index contributed by atoms with van der Waals surface area (Å²) in [5, 5.41) is 3.34. The van der Waals surface area contributed by atoms with Crippen LogP contribution in [0.4, 0.5) is 5.69 Å². The average Bonchev–Trinajstić information content (AvgIpc) is 2.93. The van der Waals surface area contributed by atoms with E-state index >= 15 is 0 Å². The van der Waals surface area contributed by atoms with Crippen molar-refractivity contribution in [1.82, 2.24) is 9.29 Å². The molecule has 152 valence electrons. The number of aryl methyl sites for hydroxylation is 2. The smallest absolute Gasteiger partial charge is 0.272 e. The zero-order chi connectivity index (χ0) is 20.6. The molecule has 0 saturated carbocycles. The van der Waals surface area contributed by atoms with Crippen LogP contribution >= 0.6 is 11.6 Å². The molecule has 1 aliphatic heterocycles. The predicted molar refractivity (Wildman–Crippen MR) is 112 cm³/mol. The number of halogens is 1. The Kier molecular flexibility index (Phi) is 5.89. The van der Waals surface area contributed by atoms with Gasteiger partial charge in [-0.25, -0.2) is 8.42 Å². The van der Waals surface area contributed by atoms with Crippen molar-refractivity contribution in [1.29, 1.82) is 0 Å². The molecule has 1 aromatic carbocycles. The second kappa shape index (κ2) is 7.89. The van der Waals surface area contributed by atoms with Crippen molar-refractivity contribution in [2.75, 3.05) is 18.4 Å². The summed E-state index contributed by atoms with van der Waals surface area (Å²) in [6.45, 7) is 8.39. The van der Waals surface area contributed by atoms with Gasteiger partial charge in [0.1, 0.15) is 10.6 Å². The first-order chi connectivity index (χ1) is 13.1. The molecule has 1 saturated heterocycles. The van der Waals surface area contributed by atoms with Crippen LogP contribution in [0.5, 0.6) is 0 Å². The van der Waals surface area contributed by atoms with Gasteiger partial charge in [0.15, 0.2) is 0 Å². The van der Waals surface area contributed by atoms with Gasteiger partial charge in [0.2, 0.25) is 10.0 Å². The van der Waals surface area contributed by atoms with E-state index in [0.717, 1.165) is 18.4 Å². The van der Waals surface area contributed by atoms with Crippen molar-refractivity contribution in [2.24, 2.45) is 5.92 Å². The minimum absolute atomic E-state index is 0.203. The summed E-state index contributed by atoms with van der Waals surface area (Å²) in [6, 6.07) is 5.25. The normalized spacial score (nSPS) is 16.3. The maximum Gasteiger partial charge on any atom is 0.272 e. The number of aromatic nitrogens is 1. The number of sulfonamides is 1. The lowest BCUT2D eigenvalue weighted by atomic mass is 10.0. The van der Waals surface area contributed by atoms with E-state index in [2.05, 4.69) is 17.2 Å². The van der Waals surface area contributed by atoms with Crippen LogP contribution in [0.2, 0.25) is 5.02 Å². The molecule has 0 atom stereocenters. The standard InChI is InChI=1S/C20H26ClN3O3S/c1-12-7-9-24(10-8-12)28(26,27)19-14(3)18(22-15(19)4)20(25)23-16-6-5-13(2)17(21)11-16/h5-6,11-12,22H,7-10H2,1-4H3,(H,23,25). The molecule has 3 rings (SSSR count). The van der Waals surface area contributed by atoms with E-state index in [1.165, 1.54) is 4.31 Å². The largest absolute Gasteiger partial charge is 0.353 e. The Bertz CT molecular complexity index is 1010. The second-order valence-corrected chi connectivity index (χ2v) is 9.87. The van der Waals surface area contributed by atoms with Gasteiger partial charge in [-0.3, -0.25) is 4.79 Å².